The van der Waals surface area contributed by atoms with Crippen molar-refractivity contribution in [2.24, 2.45) is 5.10 Å². The van der Waals surface area contributed by atoms with Crippen LogP contribution >= 0.6 is 0 Å². The van der Waals surface area contributed by atoms with Crippen molar-refractivity contribution in [3.05, 3.63) is 82.7 Å². The number of carbonyl (C=O) groups excluding carboxylic acids is 1. The van der Waals surface area contributed by atoms with Crippen molar-refractivity contribution >= 4 is 11.6 Å². The van der Waals surface area contributed by atoms with Crippen LogP contribution in [0, 0.1) is 26.6 Å². The monoisotopic (exact) mass is 432 g/mol. The lowest BCUT2D eigenvalue weighted by Crippen LogP contribution is -2.21. The number of amides is 1. The molecule has 32 heavy (non-hydrogen) atoms. The topological polar surface area (TPSA) is 103 Å². The molecule has 10 heteroatoms. The van der Waals surface area contributed by atoms with Crippen LogP contribution in [-0.2, 0) is 0 Å². The van der Waals surface area contributed by atoms with Gasteiger partial charge in [-0.25, -0.2) is 19.2 Å². The summed E-state index contributed by atoms with van der Waals surface area (Å²) in [5, 5.41) is 20.5. The summed E-state index contributed by atoms with van der Waals surface area (Å²) in [4.78, 5) is 12.6. The lowest BCUT2D eigenvalue weighted by atomic mass is 10.2. The lowest BCUT2D eigenvalue weighted by molar-refractivity contribution is 0.0949. The molecule has 0 aliphatic heterocycles. The first-order chi connectivity index (χ1) is 15.3. The number of halogens is 1. The number of aromatic nitrogens is 6. The Morgan fingerprint density at radius 3 is 1.94 bits per heavy atom. The van der Waals surface area contributed by atoms with Gasteiger partial charge in [0.25, 0.3) is 5.91 Å². The standard InChI is InChI=1S/C22H21FN8O/c1-13-5-9-18(10-6-13)30-15(3)20(25-28-30)14(2)24-27-22(32)21-16(4)31(29-26-21)19-11-7-17(23)8-12-19/h5-12H,1-4H3,(H,27,32)/b24-14+. The molecule has 0 aliphatic rings. The van der Waals surface area contributed by atoms with Gasteiger partial charge in [0.05, 0.1) is 28.5 Å². The summed E-state index contributed by atoms with van der Waals surface area (Å²) in [5.74, 6) is -0.873. The number of hydrogen-bond acceptors (Lipinski definition) is 6. The fourth-order valence-corrected chi connectivity index (χ4v) is 3.20. The van der Waals surface area contributed by atoms with Crippen LogP contribution in [0.25, 0.3) is 11.4 Å². The SMILES string of the molecule is C/C(=N\NC(=O)c1nnn(-c2ccc(F)cc2)c1C)c1nnn(-c2ccc(C)cc2)c1C. The molecule has 4 rings (SSSR count). The minimum Gasteiger partial charge on any atom is -0.265 e. The molecular formula is C22H21FN8O. The third kappa shape index (κ3) is 4.02. The van der Waals surface area contributed by atoms with E-state index in [1.165, 1.54) is 16.8 Å². The van der Waals surface area contributed by atoms with Gasteiger partial charge in [0, 0.05) is 0 Å². The number of hydrogen-bond donors (Lipinski definition) is 1. The van der Waals surface area contributed by atoms with E-state index in [0.717, 1.165) is 16.9 Å². The first-order valence-corrected chi connectivity index (χ1v) is 9.87. The van der Waals surface area contributed by atoms with Crippen molar-refractivity contribution in [2.45, 2.75) is 27.7 Å². The van der Waals surface area contributed by atoms with E-state index >= 15 is 0 Å². The third-order valence-corrected chi connectivity index (χ3v) is 5.02. The van der Waals surface area contributed by atoms with E-state index in [4.69, 9.17) is 0 Å². The highest BCUT2D eigenvalue weighted by Gasteiger charge is 2.18. The number of rotatable bonds is 5. The highest BCUT2D eigenvalue weighted by molar-refractivity contribution is 6.00. The number of benzene rings is 2. The van der Waals surface area contributed by atoms with Crippen LogP contribution in [0.4, 0.5) is 4.39 Å². The van der Waals surface area contributed by atoms with Gasteiger partial charge in [0.2, 0.25) is 0 Å². The molecule has 2 aromatic carbocycles. The van der Waals surface area contributed by atoms with Crippen molar-refractivity contribution < 1.29 is 9.18 Å². The number of nitrogens with one attached hydrogen (secondary N) is 1. The average molecular weight is 432 g/mol. The molecular weight excluding hydrogens is 411 g/mol. The van der Waals surface area contributed by atoms with Crippen LogP contribution in [0.15, 0.2) is 53.6 Å². The van der Waals surface area contributed by atoms with E-state index < -0.39 is 5.91 Å². The maximum Gasteiger partial charge on any atom is 0.293 e. The minimum absolute atomic E-state index is 0.117. The van der Waals surface area contributed by atoms with Crippen LogP contribution in [-0.4, -0.2) is 41.6 Å². The van der Waals surface area contributed by atoms with Crippen molar-refractivity contribution in [1.82, 2.24) is 35.4 Å². The molecule has 0 radical (unpaired) electrons. The van der Waals surface area contributed by atoms with Gasteiger partial charge in [-0.1, -0.05) is 28.1 Å². The summed E-state index contributed by atoms with van der Waals surface area (Å²) < 4.78 is 16.3. The van der Waals surface area contributed by atoms with Crippen molar-refractivity contribution in [1.29, 1.82) is 0 Å². The minimum atomic E-state index is -0.515. The van der Waals surface area contributed by atoms with Gasteiger partial charge in [-0.3, -0.25) is 4.79 Å². The van der Waals surface area contributed by atoms with Crippen molar-refractivity contribution in [3.8, 4) is 11.4 Å². The maximum atomic E-state index is 13.2. The Morgan fingerprint density at radius 1 is 0.844 bits per heavy atom. The molecule has 1 N–H and O–H groups in total. The molecule has 162 valence electrons. The largest absolute Gasteiger partial charge is 0.293 e. The lowest BCUT2D eigenvalue weighted by Gasteiger charge is -2.05. The van der Waals surface area contributed by atoms with Gasteiger partial charge >= 0.3 is 0 Å². The first kappa shape index (κ1) is 21.0. The average Bonchev–Trinajstić information content (AvgIpc) is 3.36. The van der Waals surface area contributed by atoms with E-state index in [1.54, 1.807) is 30.7 Å². The summed E-state index contributed by atoms with van der Waals surface area (Å²) in [6.07, 6.45) is 0. The maximum absolute atomic E-state index is 13.2. The molecule has 0 aliphatic carbocycles. The van der Waals surface area contributed by atoms with Gasteiger partial charge < -0.3 is 0 Å². The predicted molar refractivity (Wildman–Crippen MR) is 117 cm³/mol. The summed E-state index contributed by atoms with van der Waals surface area (Å²) in [5.41, 5.74) is 7.60. The molecule has 0 spiro atoms. The Hall–Kier alpha value is -4.21. The van der Waals surface area contributed by atoms with E-state index in [9.17, 15) is 9.18 Å². The quantitative estimate of drug-likeness (QED) is 0.386. The number of carbonyl (C=O) groups is 1. The molecule has 0 saturated heterocycles. The molecule has 0 saturated carbocycles. The molecule has 2 aromatic heterocycles. The van der Waals surface area contributed by atoms with E-state index in [1.807, 2.05) is 38.1 Å². The zero-order chi connectivity index (χ0) is 22.8. The Balaban J connectivity index is 1.52. The Labute approximate surface area is 183 Å². The van der Waals surface area contributed by atoms with Crippen molar-refractivity contribution in [3.63, 3.8) is 0 Å². The molecule has 4 aromatic rings. The summed E-state index contributed by atoms with van der Waals surface area (Å²) in [7, 11) is 0. The highest BCUT2D eigenvalue weighted by atomic mass is 19.1. The molecule has 0 bridgehead atoms. The van der Waals surface area contributed by atoms with Gasteiger partial charge in [0.15, 0.2) is 5.69 Å². The summed E-state index contributed by atoms with van der Waals surface area (Å²) in [6, 6.07) is 13.7. The molecule has 2 heterocycles. The van der Waals surface area contributed by atoms with Crippen LogP contribution in [0.2, 0.25) is 0 Å². The zero-order valence-electron chi connectivity index (χ0n) is 18.0. The van der Waals surface area contributed by atoms with E-state index in [-0.39, 0.29) is 11.5 Å². The first-order valence-electron chi connectivity index (χ1n) is 9.87. The molecule has 0 unspecified atom stereocenters. The Kier molecular flexibility index (Phi) is 5.59. The van der Waals surface area contributed by atoms with Gasteiger partial charge in [0.1, 0.15) is 11.5 Å². The van der Waals surface area contributed by atoms with Crippen LogP contribution in [0.1, 0.15) is 40.1 Å². The summed E-state index contributed by atoms with van der Waals surface area (Å²) >= 11 is 0. The zero-order valence-corrected chi connectivity index (χ0v) is 18.0. The fourth-order valence-electron chi connectivity index (χ4n) is 3.20. The number of aryl methyl sites for hydroxylation is 1. The second-order valence-electron chi connectivity index (χ2n) is 7.32. The Morgan fingerprint density at radius 2 is 1.34 bits per heavy atom. The van der Waals surface area contributed by atoms with Gasteiger partial charge in [-0.2, -0.15) is 5.10 Å². The molecule has 9 nitrogen and oxygen atoms in total. The predicted octanol–water partition coefficient (Wildman–Crippen LogP) is 3.07. The highest BCUT2D eigenvalue weighted by Crippen LogP contribution is 2.15. The van der Waals surface area contributed by atoms with E-state index in [0.29, 0.717) is 22.8 Å². The van der Waals surface area contributed by atoms with Gasteiger partial charge in [-0.15, -0.1) is 10.2 Å². The number of nitrogens with zero attached hydrogens (tertiary/aromatic N) is 7. The molecule has 0 atom stereocenters. The Bertz CT molecular complexity index is 1300. The fraction of sp³-hybridized carbons (Fsp3) is 0.182. The molecule has 1 amide bonds. The molecule has 0 fully saturated rings. The normalized spacial score (nSPS) is 11.6. The van der Waals surface area contributed by atoms with Crippen molar-refractivity contribution in [2.75, 3.05) is 0 Å². The van der Waals surface area contributed by atoms with Crippen LogP contribution in [0.5, 0.6) is 0 Å². The number of hydrazone groups is 1. The van der Waals surface area contributed by atoms with Crippen LogP contribution < -0.4 is 5.43 Å². The second-order valence-corrected chi connectivity index (χ2v) is 7.32. The second kappa shape index (κ2) is 8.50. The van der Waals surface area contributed by atoms with Crippen LogP contribution in [0.3, 0.4) is 0 Å². The third-order valence-electron chi connectivity index (χ3n) is 5.02. The van der Waals surface area contributed by atoms with E-state index in [2.05, 4.69) is 31.2 Å². The summed E-state index contributed by atoms with van der Waals surface area (Å²) in [6.45, 7) is 7.34. The smallest absolute Gasteiger partial charge is 0.265 e. The van der Waals surface area contributed by atoms with Gasteiger partial charge in [-0.05, 0) is 64.1 Å².